The van der Waals surface area contributed by atoms with Crippen molar-refractivity contribution in [3.8, 4) is 17.6 Å². The first kappa shape index (κ1) is 20.7. The number of ether oxygens (including phenoxy) is 2. The second-order valence-electron chi connectivity index (χ2n) is 6.13. The van der Waals surface area contributed by atoms with Gasteiger partial charge >= 0.3 is 0 Å². The summed E-state index contributed by atoms with van der Waals surface area (Å²) in [4.78, 5) is 0. The highest BCUT2D eigenvalue weighted by molar-refractivity contribution is 6.37. The summed E-state index contributed by atoms with van der Waals surface area (Å²) < 4.78 is 24.1. The minimum absolute atomic E-state index is 0.127. The van der Waals surface area contributed by atoms with E-state index in [1.54, 1.807) is 61.7 Å². The van der Waals surface area contributed by atoms with E-state index in [2.05, 4.69) is 6.07 Å². The van der Waals surface area contributed by atoms with Crippen molar-refractivity contribution in [2.24, 2.45) is 0 Å². The molecule has 3 aromatic rings. The molecule has 0 aliphatic heterocycles. The molecule has 3 aromatic carbocycles. The van der Waals surface area contributed by atoms with Crippen molar-refractivity contribution < 1.29 is 13.9 Å². The minimum atomic E-state index is -0.341. The van der Waals surface area contributed by atoms with Gasteiger partial charge in [0.2, 0.25) is 0 Å². The van der Waals surface area contributed by atoms with Crippen LogP contribution in [0.2, 0.25) is 10.0 Å². The van der Waals surface area contributed by atoms with Gasteiger partial charge in [0.25, 0.3) is 0 Å². The topological polar surface area (TPSA) is 42.2 Å². The van der Waals surface area contributed by atoms with Gasteiger partial charge in [0, 0.05) is 0 Å². The van der Waals surface area contributed by atoms with Crippen molar-refractivity contribution in [1.29, 1.82) is 5.26 Å². The molecule has 0 saturated carbocycles. The van der Waals surface area contributed by atoms with Crippen LogP contribution < -0.4 is 9.47 Å². The summed E-state index contributed by atoms with van der Waals surface area (Å²) in [6.45, 7) is 0.127. The van der Waals surface area contributed by atoms with Gasteiger partial charge in [0.15, 0.2) is 5.75 Å². The minimum Gasteiger partial charge on any atom is -0.497 e. The van der Waals surface area contributed by atoms with E-state index in [4.69, 9.17) is 32.7 Å². The summed E-state index contributed by atoms with van der Waals surface area (Å²) in [6.07, 6.45) is 1.69. The van der Waals surface area contributed by atoms with Gasteiger partial charge in [0.05, 0.1) is 28.8 Å². The van der Waals surface area contributed by atoms with Crippen LogP contribution in [0.3, 0.4) is 0 Å². The average Bonchev–Trinajstić information content (AvgIpc) is 2.71. The Labute approximate surface area is 178 Å². The summed E-state index contributed by atoms with van der Waals surface area (Å²) in [5.41, 5.74) is 2.51. The van der Waals surface area contributed by atoms with Gasteiger partial charge in [-0.2, -0.15) is 5.26 Å². The van der Waals surface area contributed by atoms with Crippen molar-refractivity contribution in [3.63, 3.8) is 0 Å². The molecule has 0 heterocycles. The molecule has 3 nitrogen and oxygen atoms in total. The molecule has 3 rings (SSSR count). The molecule has 0 N–H and O–H groups in total. The highest BCUT2D eigenvalue weighted by atomic mass is 35.5. The Kier molecular flexibility index (Phi) is 6.77. The number of methoxy groups -OCH3 is 1. The van der Waals surface area contributed by atoms with E-state index in [-0.39, 0.29) is 12.4 Å². The molecule has 0 amide bonds. The van der Waals surface area contributed by atoms with Gasteiger partial charge in [-0.25, -0.2) is 4.39 Å². The lowest BCUT2D eigenvalue weighted by Crippen LogP contribution is -1.97. The van der Waals surface area contributed by atoms with Crippen molar-refractivity contribution in [2.45, 2.75) is 6.61 Å². The van der Waals surface area contributed by atoms with Gasteiger partial charge in [-0.05, 0) is 71.3 Å². The highest BCUT2D eigenvalue weighted by Crippen LogP contribution is 2.36. The summed E-state index contributed by atoms with van der Waals surface area (Å²) in [7, 11) is 1.58. The fourth-order valence-corrected chi connectivity index (χ4v) is 3.31. The molecule has 146 valence electrons. The number of hydrogen-bond acceptors (Lipinski definition) is 3. The molecule has 0 bridgehead atoms. The van der Waals surface area contributed by atoms with Crippen molar-refractivity contribution in [2.75, 3.05) is 7.11 Å². The van der Waals surface area contributed by atoms with Crippen LogP contribution in [0, 0.1) is 17.1 Å². The molecule has 0 aliphatic rings. The summed E-state index contributed by atoms with van der Waals surface area (Å²) in [5, 5.41) is 10.1. The average molecular weight is 428 g/mol. The quantitative estimate of drug-likeness (QED) is 0.321. The Hall–Kier alpha value is -3.00. The van der Waals surface area contributed by atoms with E-state index in [1.165, 1.54) is 12.1 Å². The zero-order chi connectivity index (χ0) is 20.8. The Morgan fingerprint density at radius 2 is 1.76 bits per heavy atom. The largest absolute Gasteiger partial charge is 0.497 e. The Morgan fingerprint density at radius 3 is 2.34 bits per heavy atom. The SMILES string of the molecule is COc1ccc(/C(C#N)=C/c2cc(Cl)c(OCc3cccc(F)c3)c(Cl)c2)cc1. The number of nitrogens with zero attached hydrogens (tertiary/aromatic N) is 1. The third kappa shape index (κ3) is 5.29. The maximum absolute atomic E-state index is 13.3. The van der Waals surface area contributed by atoms with Gasteiger partial charge in [0.1, 0.15) is 18.2 Å². The first-order valence-corrected chi connectivity index (χ1v) is 9.38. The summed E-state index contributed by atoms with van der Waals surface area (Å²) in [5.74, 6) is 0.668. The first-order valence-electron chi connectivity index (χ1n) is 8.62. The smallest absolute Gasteiger partial charge is 0.157 e. The molecule has 29 heavy (non-hydrogen) atoms. The third-order valence-corrected chi connectivity index (χ3v) is 4.69. The number of benzene rings is 3. The molecule has 0 spiro atoms. The molecule has 0 atom stereocenters. The zero-order valence-electron chi connectivity index (χ0n) is 15.5. The van der Waals surface area contributed by atoms with E-state index >= 15 is 0 Å². The van der Waals surface area contributed by atoms with E-state index in [0.717, 1.165) is 5.56 Å². The van der Waals surface area contributed by atoms with Gasteiger partial charge < -0.3 is 9.47 Å². The molecular formula is C23H16Cl2FNO2. The van der Waals surface area contributed by atoms with Crippen LogP contribution in [0.4, 0.5) is 4.39 Å². The normalized spacial score (nSPS) is 11.1. The van der Waals surface area contributed by atoms with Crippen LogP contribution in [0.15, 0.2) is 60.7 Å². The molecule has 0 saturated heterocycles. The monoisotopic (exact) mass is 427 g/mol. The summed E-state index contributed by atoms with van der Waals surface area (Å²) in [6, 6.07) is 18.8. The Bertz CT molecular complexity index is 1070. The van der Waals surface area contributed by atoms with E-state index in [0.29, 0.717) is 38.2 Å². The number of nitriles is 1. The Balaban J connectivity index is 1.83. The number of rotatable bonds is 6. The molecule has 0 aromatic heterocycles. The number of halogens is 3. The van der Waals surface area contributed by atoms with Gasteiger partial charge in [-0.3, -0.25) is 0 Å². The lowest BCUT2D eigenvalue weighted by molar-refractivity contribution is 0.306. The third-order valence-electron chi connectivity index (χ3n) is 4.13. The van der Waals surface area contributed by atoms with Gasteiger partial charge in [-0.1, -0.05) is 35.3 Å². The Morgan fingerprint density at radius 1 is 1.07 bits per heavy atom. The fourth-order valence-electron chi connectivity index (χ4n) is 2.70. The molecule has 0 unspecified atom stereocenters. The van der Waals surface area contributed by atoms with Crippen LogP contribution in [-0.4, -0.2) is 7.11 Å². The maximum atomic E-state index is 13.3. The lowest BCUT2D eigenvalue weighted by atomic mass is 10.0. The standard InChI is InChI=1S/C23H16Cl2FNO2/c1-28-20-7-5-17(6-8-20)18(13-27)9-16-11-21(24)23(22(25)12-16)29-14-15-3-2-4-19(26)10-15/h2-12H,14H2,1H3/b18-9+. The van der Waals surface area contributed by atoms with Crippen LogP contribution in [-0.2, 0) is 6.61 Å². The van der Waals surface area contributed by atoms with Crippen LogP contribution in [0.5, 0.6) is 11.5 Å². The molecule has 0 aliphatic carbocycles. The lowest BCUT2D eigenvalue weighted by Gasteiger charge is -2.11. The van der Waals surface area contributed by atoms with Gasteiger partial charge in [-0.15, -0.1) is 0 Å². The number of allylic oxidation sites excluding steroid dienone is 1. The van der Waals surface area contributed by atoms with Crippen molar-refractivity contribution in [3.05, 3.63) is 93.2 Å². The van der Waals surface area contributed by atoms with E-state index in [9.17, 15) is 9.65 Å². The molecular weight excluding hydrogens is 412 g/mol. The second kappa shape index (κ2) is 9.47. The molecule has 0 radical (unpaired) electrons. The summed E-state index contributed by atoms with van der Waals surface area (Å²) >= 11 is 12.7. The second-order valence-corrected chi connectivity index (χ2v) is 6.94. The van der Waals surface area contributed by atoms with Crippen molar-refractivity contribution in [1.82, 2.24) is 0 Å². The molecule has 6 heteroatoms. The first-order chi connectivity index (χ1) is 14.0. The van der Waals surface area contributed by atoms with Crippen LogP contribution >= 0.6 is 23.2 Å². The van der Waals surface area contributed by atoms with Crippen LogP contribution in [0.25, 0.3) is 11.6 Å². The predicted molar refractivity (Wildman–Crippen MR) is 114 cm³/mol. The zero-order valence-corrected chi connectivity index (χ0v) is 17.0. The van der Waals surface area contributed by atoms with E-state index < -0.39 is 0 Å². The van der Waals surface area contributed by atoms with Crippen molar-refractivity contribution >= 4 is 34.9 Å². The van der Waals surface area contributed by atoms with Crippen LogP contribution in [0.1, 0.15) is 16.7 Å². The predicted octanol–water partition coefficient (Wildman–Crippen LogP) is 6.78. The number of hydrogen-bond donors (Lipinski definition) is 0. The molecule has 0 fully saturated rings. The van der Waals surface area contributed by atoms with E-state index in [1.807, 2.05) is 0 Å². The maximum Gasteiger partial charge on any atom is 0.157 e. The fraction of sp³-hybridized carbons (Fsp3) is 0.0870. The highest BCUT2D eigenvalue weighted by Gasteiger charge is 2.11.